The third-order valence-corrected chi connectivity index (χ3v) is 4.40. The first-order valence-corrected chi connectivity index (χ1v) is 8.43. The highest BCUT2D eigenvalue weighted by Crippen LogP contribution is 2.32. The third kappa shape index (κ3) is 3.54. The lowest BCUT2D eigenvalue weighted by Crippen LogP contribution is -2.34. The lowest BCUT2D eigenvalue weighted by molar-refractivity contribution is 0.0589. The van der Waals surface area contributed by atoms with Gasteiger partial charge >= 0.3 is 6.09 Å². The van der Waals surface area contributed by atoms with Gasteiger partial charge in [-0.2, -0.15) is 0 Å². The molecule has 0 aliphatic rings. The molecule has 1 aromatic carbocycles. The molecular formula is C18H19N3O2S. The highest BCUT2D eigenvalue weighted by Gasteiger charge is 2.21. The molecule has 2 heterocycles. The van der Waals surface area contributed by atoms with E-state index in [1.807, 2.05) is 51.1 Å². The number of pyridine rings is 1. The molecule has 124 valence electrons. The Balaban J connectivity index is 1.90. The van der Waals surface area contributed by atoms with Gasteiger partial charge in [0.05, 0.1) is 10.2 Å². The molecule has 24 heavy (non-hydrogen) atoms. The number of rotatable bonds is 2. The minimum atomic E-state index is -0.520. The van der Waals surface area contributed by atoms with Gasteiger partial charge in [0.25, 0.3) is 0 Å². The minimum Gasteiger partial charge on any atom is -0.443 e. The van der Waals surface area contributed by atoms with Gasteiger partial charge in [-0.05, 0) is 51.1 Å². The molecule has 0 saturated heterocycles. The van der Waals surface area contributed by atoms with Crippen molar-refractivity contribution in [2.45, 2.75) is 26.4 Å². The molecule has 0 unspecified atom stereocenters. The molecule has 5 nitrogen and oxygen atoms in total. The van der Waals surface area contributed by atoms with E-state index in [9.17, 15) is 4.79 Å². The van der Waals surface area contributed by atoms with E-state index in [-0.39, 0.29) is 6.09 Å². The maximum Gasteiger partial charge on any atom is 0.414 e. The molecule has 0 bridgehead atoms. The van der Waals surface area contributed by atoms with Gasteiger partial charge in [0, 0.05) is 30.7 Å². The first-order valence-electron chi connectivity index (χ1n) is 7.61. The van der Waals surface area contributed by atoms with Crippen LogP contribution in [0.4, 0.5) is 10.5 Å². The number of benzene rings is 1. The van der Waals surface area contributed by atoms with Crippen LogP contribution in [0.2, 0.25) is 0 Å². The van der Waals surface area contributed by atoms with E-state index in [0.29, 0.717) is 0 Å². The molecule has 6 heteroatoms. The lowest BCUT2D eigenvalue weighted by Gasteiger charge is -2.24. The Bertz CT molecular complexity index is 869. The summed E-state index contributed by atoms with van der Waals surface area (Å²) < 4.78 is 6.42. The zero-order valence-electron chi connectivity index (χ0n) is 14.1. The van der Waals surface area contributed by atoms with Crippen LogP contribution in [0.5, 0.6) is 0 Å². The third-order valence-electron chi connectivity index (χ3n) is 3.34. The second-order valence-electron chi connectivity index (χ2n) is 6.45. The van der Waals surface area contributed by atoms with Crippen LogP contribution in [0.1, 0.15) is 20.8 Å². The second kappa shape index (κ2) is 6.20. The van der Waals surface area contributed by atoms with Crippen molar-refractivity contribution in [2.24, 2.45) is 0 Å². The summed E-state index contributed by atoms with van der Waals surface area (Å²) in [5.74, 6) is 0. The van der Waals surface area contributed by atoms with Gasteiger partial charge in [-0.15, -0.1) is 11.3 Å². The number of aromatic nitrogens is 2. The lowest BCUT2D eigenvalue weighted by atomic mass is 10.2. The maximum atomic E-state index is 12.2. The van der Waals surface area contributed by atoms with Crippen LogP contribution in [0.3, 0.4) is 0 Å². The topological polar surface area (TPSA) is 55.3 Å². The van der Waals surface area contributed by atoms with Crippen LogP contribution in [-0.2, 0) is 4.74 Å². The van der Waals surface area contributed by atoms with Gasteiger partial charge in [0.1, 0.15) is 10.6 Å². The summed E-state index contributed by atoms with van der Waals surface area (Å²) in [6.07, 6.45) is 3.16. The van der Waals surface area contributed by atoms with Gasteiger partial charge < -0.3 is 4.74 Å². The van der Waals surface area contributed by atoms with E-state index >= 15 is 0 Å². The standard InChI is InChI=1S/C18H19N3O2S/c1-18(2,3)23-17(22)21(4)13-7-8-14-15(10-13)24-16(20-14)12-6-5-9-19-11-12/h5-11H,1-4H3. The largest absolute Gasteiger partial charge is 0.443 e. The Morgan fingerprint density at radius 3 is 2.71 bits per heavy atom. The zero-order valence-corrected chi connectivity index (χ0v) is 14.9. The molecule has 0 aliphatic heterocycles. The molecule has 0 spiro atoms. The Morgan fingerprint density at radius 2 is 2.04 bits per heavy atom. The molecule has 0 fully saturated rings. The number of ether oxygens (including phenoxy) is 1. The average molecular weight is 341 g/mol. The Morgan fingerprint density at radius 1 is 1.25 bits per heavy atom. The van der Waals surface area contributed by atoms with Crippen molar-refractivity contribution in [3.63, 3.8) is 0 Å². The number of hydrogen-bond acceptors (Lipinski definition) is 5. The van der Waals surface area contributed by atoms with Crippen molar-refractivity contribution in [3.05, 3.63) is 42.7 Å². The predicted octanol–water partition coefficient (Wildman–Crippen LogP) is 4.73. The molecule has 0 atom stereocenters. The highest BCUT2D eigenvalue weighted by molar-refractivity contribution is 7.21. The molecule has 0 radical (unpaired) electrons. The molecule has 3 aromatic rings. The number of nitrogens with zero attached hydrogens (tertiary/aromatic N) is 3. The fourth-order valence-corrected chi connectivity index (χ4v) is 3.16. The minimum absolute atomic E-state index is 0.376. The van der Waals surface area contributed by atoms with Gasteiger partial charge in [0.15, 0.2) is 0 Å². The number of carbonyl (C=O) groups excluding carboxylic acids is 1. The summed E-state index contributed by atoms with van der Waals surface area (Å²) in [7, 11) is 1.71. The van der Waals surface area contributed by atoms with E-state index in [0.717, 1.165) is 26.5 Å². The molecule has 0 aliphatic carbocycles. The highest BCUT2D eigenvalue weighted by atomic mass is 32.1. The van der Waals surface area contributed by atoms with E-state index in [1.54, 1.807) is 30.8 Å². The van der Waals surface area contributed by atoms with Gasteiger partial charge in [-0.25, -0.2) is 9.78 Å². The monoisotopic (exact) mass is 341 g/mol. The van der Waals surface area contributed by atoms with Crippen molar-refractivity contribution in [2.75, 3.05) is 11.9 Å². The van der Waals surface area contributed by atoms with Crippen molar-refractivity contribution < 1.29 is 9.53 Å². The fraction of sp³-hybridized carbons (Fsp3) is 0.278. The van der Waals surface area contributed by atoms with Crippen molar-refractivity contribution in [1.82, 2.24) is 9.97 Å². The van der Waals surface area contributed by atoms with Crippen LogP contribution in [0.25, 0.3) is 20.8 Å². The van der Waals surface area contributed by atoms with Crippen molar-refractivity contribution >= 4 is 33.3 Å². The first-order chi connectivity index (χ1) is 11.3. The van der Waals surface area contributed by atoms with Crippen molar-refractivity contribution in [1.29, 1.82) is 0 Å². The van der Waals surface area contributed by atoms with E-state index in [1.165, 1.54) is 4.90 Å². The summed E-state index contributed by atoms with van der Waals surface area (Å²) in [6.45, 7) is 5.56. The quantitative estimate of drug-likeness (QED) is 0.676. The van der Waals surface area contributed by atoms with E-state index < -0.39 is 5.60 Å². The predicted molar refractivity (Wildman–Crippen MR) is 97.5 cm³/mol. The van der Waals surface area contributed by atoms with Crippen LogP contribution in [0.15, 0.2) is 42.7 Å². The van der Waals surface area contributed by atoms with Gasteiger partial charge in [-0.1, -0.05) is 0 Å². The van der Waals surface area contributed by atoms with Crippen LogP contribution < -0.4 is 4.90 Å². The normalized spacial score (nSPS) is 11.5. The fourth-order valence-electron chi connectivity index (χ4n) is 2.17. The number of thiazole rings is 1. The first kappa shape index (κ1) is 16.4. The van der Waals surface area contributed by atoms with E-state index in [2.05, 4.69) is 9.97 Å². The summed E-state index contributed by atoms with van der Waals surface area (Å²) in [4.78, 5) is 22.5. The number of carbonyl (C=O) groups is 1. The number of anilines is 1. The molecular weight excluding hydrogens is 322 g/mol. The Labute approximate surface area is 144 Å². The molecule has 3 rings (SSSR count). The van der Waals surface area contributed by atoms with Gasteiger partial charge in [-0.3, -0.25) is 9.88 Å². The SMILES string of the molecule is CN(C(=O)OC(C)(C)C)c1ccc2nc(-c3cccnc3)sc2c1. The average Bonchev–Trinajstić information content (AvgIpc) is 2.96. The molecule has 1 amide bonds. The van der Waals surface area contributed by atoms with E-state index in [4.69, 9.17) is 4.74 Å². The molecule has 0 N–H and O–H groups in total. The molecule has 0 saturated carbocycles. The Kier molecular flexibility index (Phi) is 4.24. The number of hydrogen-bond donors (Lipinski definition) is 0. The number of amides is 1. The van der Waals surface area contributed by atoms with Gasteiger partial charge in [0.2, 0.25) is 0 Å². The van der Waals surface area contributed by atoms with Crippen LogP contribution >= 0.6 is 11.3 Å². The Hall–Kier alpha value is -2.47. The summed E-state index contributed by atoms with van der Waals surface area (Å²) in [5, 5.41) is 0.912. The summed E-state index contributed by atoms with van der Waals surface area (Å²) in [5.41, 5.74) is 2.15. The summed E-state index contributed by atoms with van der Waals surface area (Å²) in [6, 6.07) is 9.62. The van der Waals surface area contributed by atoms with Crippen molar-refractivity contribution in [3.8, 4) is 10.6 Å². The number of fused-ring (bicyclic) bond motifs is 1. The molecule has 2 aromatic heterocycles. The summed E-state index contributed by atoms with van der Waals surface area (Å²) >= 11 is 1.58. The second-order valence-corrected chi connectivity index (χ2v) is 7.48. The smallest absolute Gasteiger partial charge is 0.414 e. The zero-order chi connectivity index (χ0) is 17.3. The maximum absolute atomic E-state index is 12.2. The van der Waals surface area contributed by atoms with Crippen LogP contribution in [0, 0.1) is 0 Å². The van der Waals surface area contributed by atoms with Crippen LogP contribution in [-0.4, -0.2) is 28.7 Å².